The van der Waals surface area contributed by atoms with Crippen molar-refractivity contribution in [3.63, 3.8) is 0 Å². The summed E-state index contributed by atoms with van der Waals surface area (Å²) < 4.78 is 128. The fourth-order valence-corrected chi connectivity index (χ4v) is 4.84. The van der Waals surface area contributed by atoms with Gasteiger partial charge in [-0.3, -0.25) is 4.79 Å². The van der Waals surface area contributed by atoms with Crippen molar-refractivity contribution in [1.82, 2.24) is 9.97 Å². The topological polar surface area (TPSA) is 78.8 Å². The average molecular weight is 681 g/mol. The second-order valence-electron chi connectivity index (χ2n) is 10.5. The first-order chi connectivity index (χ1) is 21.9. The summed E-state index contributed by atoms with van der Waals surface area (Å²) in [7, 11) is 0. The maximum Gasteiger partial charge on any atom is 0.416 e. The monoisotopic (exact) mass is 680 g/mol. The van der Waals surface area contributed by atoms with Gasteiger partial charge in [0.25, 0.3) is 0 Å². The van der Waals surface area contributed by atoms with Crippen molar-refractivity contribution in [1.29, 1.82) is 0 Å². The Morgan fingerprint density at radius 2 is 1.36 bits per heavy atom. The molecule has 1 N–H and O–H groups in total. The molecule has 3 rings (SSSR count). The third kappa shape index (κ3) is 10.9. The highest BCUT2D eigenvalue weighted by molar-refractivity contribution is 5.69. The van der Waals surface area contributed by atoms with Crippen molar-refractivity contribution in [2.75, 3.05) is 29.5 Å². The predicted octanol–water partition coefficient (Wildman–Crippen LogP) is 8.40. The Bertz CT molecular complexity index is 1440. The van der Waals surface area contributed by atoms with E-state index >= 15 is 0 Å². The van der Waals surface area contributed by atoms with E-state index < -0.39 is 59.6 Å². The van der Waals surface area contributed by atoms with Crippen molar-refractivity contribution in [2.24, 2.45) is 0 Å². The van der Waals surface area contributed by atoms with Gasteiger partial charge >= 0.3 is 24.5 Å². The predicted molar refractivity (Wildman–Crippen MR) is 154 cm³/mol. The van der Waals surface area contributed by atoms with Crippen molar-refractivity contribution in [2.45, 2.75) is 71.1 Å². The minimum absolute atomic E-state index is 0.0261. The zero-order valence-corrected chi connectivity index (χ0v) is 25.4. The van der Waals surface area contributed by atoms with Gasteiger partial charge in [0.1, 0.15) is 0 Å². The molecule has 1 aromatic heterocycles. The van der Waals surface area contributed by atoms with Crippen LogP contribution >= 0.6 is 0 Å². The average Bonchev–Trinajstić information content (AvgIpc) is 2.98. The van der Waals surface area contributed by atoms with E-state index in [1.54, 1.807) is 18.7 Å². The van der Waals surface area contributed by atoms with Crippen molar-refractivity contribution >= 4 is 17.6 Å². The van der Waals surface area contributed by atoms with Gasteiger partial charge in [-0.25, -0.2) is 9.97 Å². The highest BCUT2D eigenvalue weighted by Crippen LogP contribution is 2.38. The number of rotatable bonds is 14. The Hall–Kier alpha value is -4.24. The standard InChI is InChI=1S/C31H33F9N4O3/c1-3-43(11-7-5-6-8-27(46)47-4-2)26-10-9-22(29(32,33)34)14-21(26)19-44(28-41-16-25(45)17-42-28)18-20-12-23(30(35,36)37)15-24(13-20)31(38,39)40/h9-10,12-17,45H,3-8,11,18-19H2,1-2H3. The minimum atomic E-state index is -5.12. The van der Waals surface area contributed by atoms with Gasteiger partial charge in [0.2, 0.25) is 5.95 Å². The summed E-state index contributed by atoms with van der Waals surface area (Å²) in [5, 5.41) is 9.67. The summed E-state index contributed by atoms with van der Waals surface area (Å²) in [5.74, 6) is -1.00. The van der Waals surface area contributed by atoms with Gasteiger partial charge in [-0.1, -0.05) is 6.42 Å². The number of aromatic nitrogens is 2. The molecule has 47 heavy (non-hydrogen) atoms. The van der Waals surface area contributed by atoms with Crippen LogP contribution in [0.4, 0.5) is 51.1 Å². The molecule has 0 aliphatic carbocycles. The molecule has 0 unspecified atom stereocenters. The van der Waals surface area contributed by atoms with Crippen LogP contribution in [0.25, 0.3) is 0 Å². The Morgan fingerprint density at radius 3 is 1.89 bits per heavy atom. The molecule has 0 amide bonds. The molecule has 258 valence electrons. The number of halogens is 9. The third-order valence-corrected chi connectivity index (χ3v) is 7.03. The molecule has 0 atom stereocenters. The first kappa shape index (κ1) is 37.2. The van der Waals surface area contributed by atoms with Crippen molar-refractivity contribution < 1.29 is 54.2 Å². The number of carbonyl (C=O) groups is 1. The van der Waals surface area contributed by atoms with Crippen LogP contribution in [0.2, 0.25) is 0 Å². The molecular formula is C31H33F9N4O3. The van der Waals surface area contributed by atoms with E-state index in [9.17, 15) is 49.4 Å². The normalized spacial score (nSPS) is 12.2. The van der Waals surface area contributed by atoms with Crippen molar-refractivity contribution in [3.05, 3.63) is 76.6 Å². The van der Waals surface area contributed by atoms with Crippen LogP contribution in [0.3, 0.4) is 0 Å². The summed E-state index contributed by atoms with van der Waals surface area (Å²) in [6, 6.07) is 4.00. The molecule has 2 aromatic carbocycles. The number of esters is 1. The van der Waals surface area contributed by atoms with Crippen LogP contribution in [-0.4, -0.2) is 40.7 Å². The second kappa shape index (κ2) is 15.6. The van der Waals surface area contributed by atoms with Crippen LogP contribution in [0.5, 0.6) is 5.75 Å². The Kier molecular flexibility index (Phi) is 12.3. The summed E-state index contributed by atoms with van der Waals surface area (Å²) in [6.07, 6.45) is -11.2. The fourth-order valence-electron chi connectivity index (χ4n) is 4.84. The Labute approximate surface area is 265 Å². The van der Waals surface area contributed by atoms with E-state index in [-0.39, 0.29) is 36.6 Å². The van der Waals surface area contributed by atoms with Crippen LogP contribution in [0, 0.1) is 0 Å². The second-order valence-corrected chi connectivity index (χ2v) is 10.5. The number of nitrogens with zero attached hydrogens (tertiary/aromatic N) is 4. The molecule has 0 fully saturated rings. The minimum Gasteiger partial charge on any atom is -0.505 e. The molecule has 0 aliphatic rings. The number of hydrogen-bond donors (Lipinski definition) is 1. The van der Waals surface area contributed by atoms with E-state index in [0.717, 1.165) is 29.4 Å². The lowest BCUT2D eigenvalue weighted by Gasteiger charge is -2.30. The summed E-state index contributed by atoms with van der Waals surface area (Å²) in [5.41, 5.74) is -4.21. The number of unbranched alkanes of at least 4 members (excludes halogenated alkanes) is 2. The lowest BCUT2D eigenvalue weighted by atomic mass is 10.0. The van der Waals surface area contributed by atoms with Gasteiger partial charge in [-0.15, -0.1) is 0 Å². The summed E-state index contributed by atoms with van der Waals surface area (Å²) >= 11 is 0. The maximum atomic E-state index is 13.8. The fraction of sp³-hybridized carbons (Fsp3) is 0.452. The quantitative estimate of drug-likeness (QED) is 0.104. The van der Waals surface area contributed by atoms with E-state index in [2.05, 4.69) is 9.97 Å². The third-order valence-electron chi connectivity index (χ3n) is 7.03. The number of ether oxygens (including phenoxy) is 1. The van der Waals surface area contributed by atoms with Gasteiger partial charge in [-0.05, 0) is 74.2 Å². The van der Waals surface area contributed by atoms with Gasteiger partial charge in [-0.2, -0.15) is 39.5 Å². The SMILES string of the molecule is CCOC(=O)CCCCCN(CC)c1ccc(C(F)(F)F)cc1CN(Cc1cc(C(F)(F)F)cc(C(F)(F)F)c1)c1ncc(O)cn1. The summed E-state index contributed by atoms with van der Waals surface area (Å²) in [6.45, 7) is 3.30. The van der Waals surface area contributed by atoms with Gasteiger partial charge in [0.15, 0.2) is 5.75 Å². The first-order valence-corrected chi connectivity index (χ1v) is 14.6. The van der Waals surface area contributed by atoms with Crippen molar-refractivity contribution in [3.8, 4) is 5.75 Å². The van der Waals surface area contributed by atoms with E-state index in [1.807, 2.05) is 0 Å². The number of benzene rings is 2. The summed E-state index contributed by atoms with van der Waals surface area (Å²) in [4.78, 5) is 22.4. The maximum absolute atomic E-state index is 13.8. The molecule has 0 aliphatic heterocycles. The van der Waals surface area contributed by atoms with Crippen LogP contribution in [0.1, 0.15) is 67.3 Å². The first-order valence-electron chi connectivity index (χ1n) is 14.6. The van der Waals surface area contributed by atoms with E-state index in [0.29, 0.717) is 50.2 Å². The zero-order chi connectivity index (χ0) is 35.0. The molecular weight excluding hydrogens is 647 g/mol. The molecule has 0 saturated carbocycles. The highest BCUT2D eigenvalue weighted by Gasteiger charge is 2.37. The van der Waals surface area contributed by atoms with Crippen LogP contribution in [-0.2, 0) is 41.1 Å². The number of carbonyl (C=O) groups excluding carboxylic acids is 1. The van der Waals surface area contributed by atoms with Crippen LogP contribution in [0.15, 0.2) is 48.8 Å². The Morgan fingerprint density at radius 1 is 0.766 bits per heavy atom. The molecule has 1 heterocycles. The molecule has 7 nitrogen and oxygen atoms in total. The van der Waals surface area contributed by atoms with Gasteiger partial charge in [0, 0.05) is 38.3 Å². The number of anilines is 2. The number of aromatic hydroxyl groups is 1. The number of alkyl halides is 9. The van der Waals surface area contributed by atoms with Gasteiger partial charge in [0.05, 0.1) is 35.7 Å². The smallest absolute Gasteiger partial charge is 0.416 e. The highest BCUT2D eigenvalue weighted by atomic mass is 19.4. The molecule has 0 radical (unpaired) electrons. The molecule has 0 saturated heterocycles. The Balaban J connectivity index is 2.03. The lowest BCUT2D eigenvalue weighted by Crippen LogP contribution is -2.29. The van der Waals surface area contributed by atoms with Gasteiger partial charge < -0.3 is 19.6 Å². The number of hydrogen-bond acceptors (Lipinski definition) is 7. The molecule has 0 spiro atoms. The molecule has 3 aromatic rings. The molecule has 16 heteroatoms. The van der Waals surface area contributed by atoms with Crippen LogP contribution < -0.4 is 9.80 Å². The lowest BCUT2D eigenvalue weighted by molar-refractivity contribution is -0.144. The molecule has 0 bridgehead atoms. The largest absolute Gasteiger partial charge is 0.505 e. The van der Waals surface area contributed by atoms with E-state index in [4.69, 9.17) is 4.74 Å². The zero-order valence-electron chi connectivity index (χ0n) is 25.4. The van der Waals surface area contributed by atoms with E-state index in [1.165, 1.54) is 6.07 Å².